The maximum absolute atomic E-state index is 12.7. The first-order valence-corrected chi connectivity index (χ1v) is 8.67. The van der Waals surface area contributed by atoms with Crippen LogP contribution in [0.4, 0.5) is 0 Å². The maximum atomic E-state index is 12.7. The summed E-state index contributed by atoms with van der Waals surface area (Å²) in [6, 6.07) is 2.05. The summed E-state index contributed by atoms with van der Waals surface area (Å²) in [5.41, 5.74) is 1.45. The molecule has 0 aromatic carbocycles. The maximum Gasteiger partial charge on any atom is 0.272 e. The number of imidazole rings is 1. The summed E-state index contributed by atoms with van der Waals surface area (Å²) in [5.74, 6) is 1.33. The number of amides is 1. The van der Waals surface area contributed by atoms with Crippen LogP contribution in [0.3, 0.4) is 0 Å². The molecule has 0 saturated carbocycles. The van der Waals surface area contributed by atoms with Crippen LogP contribution < -0.4 is 5.32 Å². The Balaban J connectivity index is 1.76. The number of carbonyl (C=O) groups is 1. The van der Waals surface area contributed by atoms with Crippen molar-refractivity contribution in [3.05, 3.63) is 35.7 Å². The minimum atomic E-state index is -0.144. The summed E-state index contributed by atoms with van der Waals surface area (Å²) in [6.45, 7) is 11.4. The van der Waals surface area contributed by atoms with Gasteiger partial charge in [0.05, 0.1) is 5.54 Å². The third-order valence-electron chi connectivity index (χ3n) is 4.47. The molecule has 0 spiro atoms. The van der Waals surface area contributed by atoms with E-state index in [1.807, 2.05) is 23.1 Å². The van der Waals surface area contributed by atoms with Crippen molar-refractivity contribution in [2.24, 2.45) is 0 Å². The Hall–Kier alpha value is -2.11. The van der Waals surface area contributed by atoms with E-state index in [2.05, 4.69) is 54.6 Å². The van der Waals surface area contributed by atoms with Crippen molar-refractivity contribution in [1.82, 2.24) is 24.6 Å². The molecule has 0 fully saturated rings. The van der Waals surface area contributed by atoms with Gasteiger partial charge in [0.25, 0.3) is 5.91 Å². The Kier molecular flexibility index (Phi) is 4.24. The van der Waals surface area contributed by atoms with E-state index in [1.165, 1.54) is 0 Å². The monoisotopic (exact) mass is 329 g/mol. The number of nitrogens with zero attached hydrogens (tertiary/aromatic N) is 4. The van der Waals surface area contributed by atoms with Gasteiger partial charge in [-0.2, -0.15) is 5.10 Å². The first-order valence-electron chi connectivity index (χ1n) is 8.67. The van der Waals surface area contributed by atoms with Gasteiger partial charge in [0, 0.05) is 37.1 Å². The molecule has 2 aromatic heterocycles. The lowest BCUT2D eigenvalue weighted by Crippen LogP contribution is -2.41. The third-order valence-corrected chi connectivity index (χ3v) is 4.47. The number of hydrogen-bond donors (Lipinski definition) is 1. The molecule has 0 bridgehead atoms. The zero-order valence-corrected chi connectivity index (χ0v) is 15.2. The number of nitrogens with one attached hydrogen (secondary N) is 1. The van der Waals surface area contributed by atoms with Gasteiger partial charge in [-0.1, -0.05) is 13.8 Å². The van der Waals surface area contributed by atoms with Gasteiger partial charge in [-0.25, -0.2) is 4.98 Å². The van der Waals surface area contributed by atoms with Crippen LogP contribution in [0.25, 0.3) is 0 Å². The molecule has 0 aliphatic carbocycles. The van der Waals surface area contributed by atoms with Crippen molar-refractivity contribution < 1.29 is 4.79 Å². The van der Waals surface area contributed by atoms with Gasteiger partial charge in [0.1, 0.15) is 11.5 Å². The first kappa shape index (κ1) is 16.7. The summed E-state index contributed by atoms with van der Waals surface area (Å²) in [7, 11) is 0. The highest BCUT2D eigenvalue weighted by Gasteiger charge is 2.26. The highest BCUT2D eigenvalue weighted by atomic mass is 16.2. The lowest BCUT2D eigenvalue weighted by Gasteiger charge is -2.24. The number of fused-ring (bicyclic) bond motifs is 1. The van der Waals surface area contributed by atoms with Crippen LogP contribution in [0.5, 0.6) is 0 Å². The third kappa shape index (κ3) is 3.23. The fourth-order valence-electron chi connectivity index (χ4n) is 3.20. The van der Waals surface area contributed by atoms with Crippen LogP contribution in [-0.2, 0) is 18.5 Å². The minimum absolute atomic E-state index is 0.0894. The highest BCUT2D eigenvalue weighted by Crippen LogP contribution is 2.23. The quantitative estimate of drug-likeness (QED) is 0.941. The Morgan fingerprint density at radius 3 is 2.75 bits per heavy atom. The molecule has 1 amide bonds. The normalized spacial score (nSPS) is 17.8. The lowest BCUT2D eigenvalue weighted by atomic mass is 10.1. The molecule has 6 heteroatoms. The predicted molar refractivity (Wildman–Crippen MR) is 93.1 cm³/mol. The number of rotatable bonds is 3. The van der Waals surface area contributed by atoms with Gasteiger partial charge in [-0.3, -0.25) is 9.48 Å². The van der Waals surface area contributed by atoms with Gasteiger partial charge >= 0.3 is 0 Å². The summed E-state index contributed by atoms with van der Waals surface area (Å²) >= 11 is 0. The molecule has 6 nitrogen and oxygen atoms in total. The average Bonchev–Trinajstić information content (AvgIpc) is 3.13. The fraction of sp³-hybridized carbons (Fsp3) is 0.611. The van der Waals surface area contributed by atoms with E-state index in [1.54, 1.807) is 0 Å². The van der Waals surface area contributed by atoms with Crippen molar-refractivity contribution in [2.45, 2.75) is 71.5 Å². The average molecular weight is 329 g/mol. The van der Waals surface area contributed by atoms with E-state index in [-0.39, 0.29) is 17.5 Å². The van der Waals surface area contributed by atoms with Crippen LogP contribution >= 0.6 is 0 Å². The van der Waals surface area contributed by atoms with Crippen molar-refractivity contribution in [2.75, 3.05) is 0 Å². The molecule has 1 atom stereocenters. The van der Waals surface area contributed by atoms with Gasteiger partial charge in [-0.15, -0.1) is 0 Å². The Bertz CT molecular complexity index is 735. The smallest absolute Gasteiger partial charge is 0.272 e. The first-order chi connectivity index (χ1) is 11.3. The van der Waals surface area contributed by atoms with E-state index in [9.17, 15) is 4.79 Å². The number of aryl methyl sites for hydroxylation is 1. The molecule has 0 saturated heterocycles. The molecule has 3 heterocycles. The topological polar surface area (TPSA) is 64.7 Å². The van der Waals surface area contributed by atoms with Gasteiger partial charge in [0.2, 0.25) is 0 Å². The zero-order valence-electron chi connectivity index (χ0n) is 15.2. The van der Waals surface area contributed by atoms with Crippen molar-refractivity contribution in [3.63, 3.8) is 0 Å². The second-order valence-corrected chi connectivity index (χ2v) is 7.90. The molecule has 130 valence electrons. The van der Waals surface area contributed by atoms with Crippen LogP contribution in [-0.4, -0.2) is 31.3 Å². The molecule has 24 heavy (non-hydrogen) atoms. The van der Waals surface area contributed by atoms with Crippen molar-refractivity contribution >= 4 is 5.91 Å². The van der Waals surface area contributed by atoms with Crippen LogP contribution in [0.15, 0.2) is 18.5 Å². The van der Waals surface area contributed by atoms with E-state index in [4.69, 9.17) is 0 Å². The van der Waals surface area contributed by atoms with Crippen LogP contribution in [0, 0.1) is 0 Å². The summed E-state index contributed by atoms with van der Waals surface area (Å²) in [6.07, 6.45) is 5.60. The van der Waals surface area contributed by atoms with E-state index < -0.39 is 0 Å². The van der Waals surface area contributed by atoms with Gasteiger partial charge in [0.15, 0.2) is 0 Å². The fourth-order valence-corrected chi connectivity index (χ4v) is 3.20. The zero-order chi connectivity index (χ0) is 17.5. The molecule has 1 N–H and O–H groups in total. The van der Waals surface area contributed by atoms with Crippen molar-refractivity contribution in [1.29, 1.82) is 0 Å². The molecule has 1 aliphatic rings. The van der Waals surface area contributed by atoms with E-state index >= 15 is 0 Å². The SMILES string of the molecule is CC(C)c1cc(C(=O)N[C@@H]2CCc3nccn3C2)nn1C(C)(C)C. The van der Waals surface area contributed by atoms with E-state index in [0.717, 1.165) is 30.9 Å². The van der Waals surface area contributed by atoms with Crippen LogP contribution in [0.1, 0.15) is 69.0 Å². The molecular formula is C18H27N5O. The number of hydrogen-bond acceptors (Lipinski definition) is 3. The molecule has 1 aliphatic heterocycles. The highest BCUT2D eigenvalue weighted by molar-refractivity contribution is 5.92. The Labute approximate surface area is 143 Å². The Morgan fingerprint density at radius 1 is 1.38 bits per heavy atom. The molecule has 0 unspecified atom stereocenters. The summed E-state index contributed by atoms with van der Waals surface area (Å²) < 4.78 is 4.09. The summed E-state index contributed by atoms with van der Waals surface area (Å²) in [4.78, 5) is 17.0. The molecule has 0 radical (unpaired) electrons. The number of aromatic nitrogens is 4. The minimum Gasteiger partial charge on any atom is -0.346 e. The Morgan fingerprint density at radius 2 is 2.12 bits per heavy atom. The van der Waals surface area contributed by atoms with Crippen molar-refractivity contribution in [3.8, 4) is 0 Å². The second-order valence-electron chi connectivity index (χ2n) is 7.90. The molecule has 2 aromatic rings. The predicted octanol–water partition coefficient (Wildman–Crippen LogP) is 2.70. The standard InChI is InChI=1S/C18H27N5O/c1-12(2)15-10-14(21-23(15)18(3,4)5)17(24)20-13-6-7-16-19-8-9-22(16)11-13/h8-10,12-13H,6-7,11H2,1-5H3,(H,20,24)/t13-/m1/s1. The van der Waals surface area contributed by atoms with Gasteiger partial charge < -0.3 is 9.88 Å². The lowest BCUT2D eigenvalue weighted by molar-refractivity contribution is 0.0921. The molecule has 3 rings (SSSR count). The summed E-state index contributed by atoms with van der Waals surface area (Å²) in [5, 5.41) is 7.72. The largest absolute Gasteiger partial charge is 0.346 e. The number of carbonyl (C=O) groups excluding carboxylic acids is 1. The van der Waals surface area contributed by atoms with Crippen LogP contribution in [0.2, 0.25) is 0 Å². The van der Waals surface area contributed by atoms with E-state index in [0.29, 0.717) is 11.6 Å². The van der Waals surface area contributed by atoms with Gasteiger partial charge in [-0.05, 0) is 39.2 Å². The second kappa shape index (κ2) is 6.07. The molecular weight excluding hydrogens is 302 g/mol.